The third-order valence-electron chi connectivity index (χ3n) is 4.12. The highest BCUT2D eigenvalue weighted by Gasteiger charge is 2.15. The second-order valence-corrected chi connectivity index (χ2v) is 6.21. The number of rotatable bonds is 12. The number of ether oxygens (including phenoxy) is 1. The van der Waals surface area contributed by atoms with E-state index in [-0.39, 0.29) is 11.5 Å². The van der Waals surface area contributed by atoms with Crippen molar-refractivity contribution in [2.24, 2.45) is 0 Å². The number of phenolic OH excluding ortho intramolecular Hbond substituents is 1. The minimum absolute atomic E-state index is 0.0939. The molecule has 0 aliphatic rings. The van der Waals surface area contributed by atoms with Gasteiger partial charge in [0, 0.05) is 5.56 Å². The molecule has 0 amide bonds. The number of carbonyl (C=O) groups excluding carboxylic acids is 1. The largest absolute Gasteiger partial charge is 0.507 e. The van der Waals surface area contributed by atoms with Crippen LogP contribution in [0.25, 0.3) is 0 Å². The lowest BCUT2D eigenvalue weighted by molar-refractivity contribution is 0.101. The van der Waals surface area contributed by atoms with Crippen LogP contribution in [-0.2, 0) is 6.42 Å². The molecule has 0 bridgehead atoms. The number of ketones is 1. The maximum Gasteiger partial charge on any atom is 0.163 e. The molecule has 1 aromatic rings. The molecule has 0 radical (unpaired) electrons. The topological polar surface area (TPSA) is 46.5 Å². The van der Waals surface area contributed by atoms with Gasteiger partial charge in [0.05, 0.1) is 12.2 Å². The normalized spacial score (nSPS) is 10.7. The molecule has 1 rings (SSSR count). The number of unbranched alkanes of at least 4 members (excludes halogenated alkanes) is 6. The molecule has 23 heavy (non-hydrogen) atoms. The fourth-order valence-corrected chi connectivity index (χ4v) is 2.77. The van der Waals surface area contributed by atoms with E-state index in [1.165, 1.54) is 45.4 Å². The summed E-state index contributed by atoms with van der Waals surface area (Å²) in [6, 6.07) is 3.49. The van der Waals surface area contributed by atoms with Gasteiger partial charge in [0.1, 0.15) is 11.5 Å². The monoisotopic (exact) mass is 320 g/mol. The molecule has 0 atom stereocenters. The van der Waals surface area contributed by atoms with Crippen LogP contribution in [0, 0.1) is 0 Å². The Labute approximate surface area is 141 Å². The van der Waals surface area contributed by atoms with E-state index < -0.39 is 0 Å². The summed E-state index contributed by atoms with van der Waals surface area (Å²) < 4.78 is 5.86. The van der Waals surface area contributed by atoms with E-state index in [4.69, 9.17) is 4.74 Å². The van der Waals surface area contributed by atoms with Crippen molar-refractivity contribution in [2.75, 3.05) is 6.61 Å². The molecule has 3 heteroatoms. The van der Waals surface area contributed by atoms with Crippen LogP contribution >= 0.6 is 0 Å². The fourth-order valence-electron chi connectivity index (χ4n) is 2.77. The lowest BCUT2D eigenvalue weighted by Crippen LogP contribution is -2.03. The Morgan fingerprint density at radius 1 is 1.00 bits per heavy atom. The molecule has 1 N–H and O–H groups in total. The number of hydrogen-bond donors (Lipinski definition) is 1. The fraction of sp³-hybridized carbons (Fsp3) is 0.650. The Morgan fingerprint density at radius 3 is 2.26 bits per heavy atom. The van der Waals surface area contributed by atoms with Crippen molar-refractivity contribution in [1.82, 2.24) is 0 Å². The van der Waals surface area contributed by atoms with Crippen LogP contribution in [-0.4, -0.2) is 17.5 Å². The minimum Gasteiger partial charge on any atom is -0.507 e. The van der Waals surface area contributed by atoms with Gasteiger partial charge in [0.2, 0.25) is 0 Å². The predicted octanol–water partition coefficient (Wildman–Crippen LogP) is 5.68. The first-order chi connectivity index (χ1) is 11.1. The first-order valence-electron chi connectivity index (χ1n) is 9.10. The minimum atomic E-state index is -0.113. The summed E-state index contributed by atoms with van der Waals surface area (Å²) in [6.45, 7) is 6.43. The number of Topliss-reactive ketones (excluding diaryl/α,β-unsaturated/α-hetero) is 1. The smallest absolute Gasteiger partial charge is 0.163 e. The first kappa shape index (κ1) is 19.5. The second kappa shape index (κ2) is 11.1. The molecule has 130 valence electrons. The Hall–Kier alpha value is -1.51. The Bertz CT molecular complexity index is 480. The molecule has 0 aromatic heterocycles. The molecule has 0 aliphatic heterocycles. The van der Waals surface area contributed by atoms with Crippen LogP contribution in [0.4, 0.5) is 0 Å². The molecule has 3 nitrogen and oxygen atoms in total. The van der Waals surface area contributed by atoms with Crippen molar-refractivity contribution in [3.63, 3.8) is 0 Å². The van der Waals surface area contributed by atoms with Gasteiger partial charge < -0.3 is 9.84 Å². The van der Waals surface area contributed by atoms with Gasteiger partial charge in [-0.2, -0.15) is 0 Å². The second-order valence-electron chi connectivity index (χ2n) is 6.21. The van der Waals surface area contributed by atoms with Gasteiger partial charge in [-0.05, 0) is 31.9 Å². The summed E-state index contributed by atoms with van der Waals surface area (Å²) >= 11 is 0. The zero-order chi connectivity index (χ0) is 17.1. The van der Waals surface area contributed by atoms with Crippen molar-refractivity contribution in [3.05, 3.63) is 23.3 Å². The lowest BCUT2D eigenvalue weighted by atomic mass is 10.0. The van der Waals surface area contributed by atoms with E-state index in [2.05, 4.69) is 13.8 Å². The number of aromatic hydroxyl groups is 1. The standard InChI is InChI=1S/C20H32O3/c1-4-6-7-8-9-10-11-15-23-19-14-13-17(16(3)21)20(22)18(19)12-5-2/h13-14,22H,4-12,15H2,1-3H3. The average molecular weight is 320 g/mol. The number of hydrogen-bond acceptors (Lipinski definition) is 3. The molecule has 0 saturated carbocycles. The summed E-state index contributed by atoms with van der Waals surface area (Å²) in [5.74, 6) is 0.704. The maximum absolute atomic E-state index is 11.5. The Kier molecular flexibility index (Phi) is 9.42. The van der Waals surface area contributed by atoms with Gasteiger partial charge in [0.15, 0.2) is 5.78 Å². The predicted molar refractivity (Wildman–Crippen MR) is 95.6 cm³/mol. The van der Waals surface area contributed by atoms with E-state index in [9.17, 15) is 9.90 Å². The van der Waals surface area contributed by atoms with E-state index >= 15 is 0 Å². The highest BCUT2D eigenvalue weighted by atomic mass is 16.5. The third-order valence-corrected chi connectivity index (χ3v) is 4.12. The van der Waals surface area contributed by atoms with Crippen LogP contribution in [0.3, 0.4) is 0 Å². The zero-order valence-electron chi connectivity index (χ0n) is 15.0. The van der Waals surface area contributed by atoms with Gasteiger partial charge in [-0.25, -0.2) is 0 Å². The molecule has 0 saturated heterocycles. The molecular formula is C20H32O3. The van der Waals surface area contributed by atoms with Crippen LogP contribution in [0.1, 0.15) is 88.1 Å². The molecule has 0 heterocycles. The number of carbonyl (C=O) groups is 1. The maximum atomic E-state index is 11.5. The van der Waals surface area contributed by atoms with Gasteiger partial charge in [-0.3, -0.25) is 4.79 Å². The Balaban J connectivity index is 2.49. The summed E-state index contributed by atoms with van der Waals surface area (Å²) in [5.41, 5.74) is 1.15. The van der Waals surface area contributed by atoms with Crippen LogP contribution < -0.4 is 4.74 Å². The van der Waals surface area contributed by atoms with Gasteiger partial charge in [0.25, 0.3) is 0 Å². The number of benzene rings is 1. The first-order valence-corrected chi connectivity index (χ1v) is 9.10. The van der Waals surface area contributed by atoms with E-state index in [1.54, 1.807) is 6.07 Å². The molecule has 0 spiro atoms. The van der Waals surface area contributed by atoms with Gasteiger partial charge in [-0.15, -0.1) is 0 Å². The van der Waals surface area contributed by atoms with Gasteiger partial charge >= 0.3 is 0 Å². The van der Waals surface area contributed by atoms with Crippen molar-refractivity contribution >= 4 is 5.78 Å². The third kappa shape index (κ3) is 6.64. The quantitative estimate of drug-likeness (QED) is 0.398. The SMILES string of the molecule is CCCCCCCCCOc1ccc(C(C)=O)c(O)c1CCC. The summed E-state index contributed by atoms with van der Waals surface area (Å²) in [4.78, 5) is 11.5. The average Bonchev–Trinajstić information content (AvgIpc) is 2.52. The molecule has 0 fully saturated rings. The van der Waals surface area contributed by atoms with E-state index in [0.717, 1.165) is 30.6 Å². The van der Waals surface area contributed by atoms with Crippen molar-refractivity contribution < 1.29 is 14.6 Å². The Morgan fingerprint density at radius 2 is 1.65 bits per heavy atom. The zero-order valence-corrected chi connectivity index (χ0v) is 15.0. The van der Waals surface area contributed by atoms with Gasteiger partial charge in [-0.1, -0.05) is 58.8 Å². The number of phenols is 1. The van der Waals surface area contributed by atoms with E-state index in [0.29, 0.717) is 12.2 Å². The van der Waals surface area contributed by atoms with E-state index in [1.807, 2.05) is 6.07 Å². The molecule has 1 aromatic carbocycles. The van der Waals surface area contributed by atoms with Crippen LogP contribution in [0.15, 0.2) is 12.1 Å². The summed E-state index contributed by atoms with van der Waals surface area (Å²) in [5, 5.41) is 10.3. The van der Waals surface area contributed by atoms with Crippen LogP contribution in [0.2, 0.25) is 0 Å². The molecule has 0 unspecified atom stereocenters. The van der Waals surface area contributed by atoms with Crippen molar-refractivity contribution in [3.8, 4) is 11.5 Å². The highest BCUT2D eigenvalue weighted by Crippen LogP contribution is 2.33. The summed E-state index contributed by atoms with van der Waals surface area (Å²) in [6.07, 6.45) is 10.4. The summed E-state index contributed by atoms with van der Waals surface area (Å²) in [7, 11) is 0. The van der Waals surface area contributed by atoms with Crippen LogP contribution in [0.5, 0.6) is 11.5 Å². The van der Waals surface area contributed by atoms with Crippen molar-refractivity contribution in [2.45, 2.75) is 78.6 Å². The molecule has 0 aliphatic carbocycles. The lowest BCUT2D eigenvalue weighted by Gasteiger charge is -2.14. The highest BCUT2D eigenvalue weighted by molar-refractivity contribution is 5.97. The molecular weight excluding hydrogens is 288 g/mol. The van der Waals surface area contributed by atoms with Crippen molar-refractivity contribution in [1.29, 1.82) is 0 Å².